The summed E-state index contributed by atoms with van der Waals surface area (Å²) in [6.07, 6.45) is 0.527. The molecule has 0 aliphatic carbocycles. The molecule has 3 aromatic carbocycles. The van der Waals surface area contributed by atoms with Crippen molar-refractivity contribution in [2.45, 2.75) is 33.1 Å². The number of nitrogens with one attached hydrogen (secondary N) is 2. The standard InChI is InChI=1S/C27H28N2O5/c1-19-9-13-23(14-10-19)34-24-15-11-21(12-16-24)28-25(30)7-4-8-27(32)33-18-26(31)29-22-6-3-5-20(2)17-22/h3,5-6,9-17H,4,7-8,18H2,1-2H3,(H,28,30)(H,29,31). The highest BCUT2D eigenvalue weighted by Crippen LogP contribution is 2.23. The number of esters is 1. The van der Waals surface area contributed by atoms with Crippen LogP contribution in [0.2, 0.25) is 0 Å². The lowest BCUT2D eigenvalue weighted by Gasteiger charge is -2.09. The molecule has 0 aliphatic heterocycles. The van der Waals surface area contributed by atoms with Gasteiger partial charge in [-0.3, -0.25) is 14.4 Å². The van der Waals surface area contributed by atoms with Gasteiger partial charge in [-0.1, -0.05) is 29.8 Å². The molecular formula is C27H28N2O5. The Balaban J connectivity index is 1.32. The van der Waals surface area contributed by atoms with Crippen molar-refractivity contribution < 1.29 is 23.9 Å². The van der Waals surface area contributed by atoms with Gasteiger partial charge in [0.05, 0.1) is 0 Å². The van der Waals surface area contributed by atoms with Crippen LogP contribution < -0.4 is 15.4 Å². The van der Waals surface area contributed by atoms with E-state index in [0.29, 0.717) is 23.5 Å². The van der Waals surface area contributed by atoms with Crippen molar-refractivity contribution in [2.24, 2.45) is 0 Å². The van der Waals surface area contributed by atoms with Gasteiger partial charge in [-0.05, 0) is 74.4 Å². The number of ether oxygens (including phenoxy) is 2. The van der Waals surface area contributed by atoms with Gasteiger partial charge in [0.25, 0.3) is 5.91 Å². The third-order valence-corrected chi connectivity index (χ3v) is 4.85. The summed E-state index contributed by atoms with van der Waals surface area (Å²) < 4.78 is 10.7. The van der Waals surface area contributed by atoms with Crippen molar-refractivity contribution in [1.82, 2.24) is 0 Å². The van der Waals surface area contributed by atoms with Gasteiger partial charge in [0, 0.05) is 24.2 Å². The number of hydrogen-bond acceptors (Lipinski definition) is 5. The van der Waals surface area contributed by atoms with Crippen LogP contribution in [0.1, 0.15) is 30.4 Å². The summed E-state index contributed by atoms with van der Waals surface area (Å²) in [5, 5.41) is 5.46. The first kappa shape index (κ1) is 24.5. The minimum atomic E-state index is -0.523. The molecule has 7 nitrogen and oxygen atoms in total. The van der Waals surface area contributed by atoms with E-state index >= 15 is 0 Å². The Hall–Kier alpha value is -4.13. The smallest absolute Gasteiger partial charge is 0.306 e. The molecule has 2 N–H and O–H groups in total. The van der Waals surface area contributed by atoms with Crippen molar-refractivity contribution in [3.05, 3.63) is 83.9 Å². The fraction of sp³-hybridized carbons (Fsp3) is 0.222. The van der Waals surface area contributed by atoms with Gasteiger partial charge in [0.15, 0.2) is 6.61 Å². The first-order chi connectivity index (χ1) is 16.4. The average molecular weight is 461 g/mol. The van der Waals surface area contributed by atoms with E-state index in [1.807, 2.05) is 56.3 Å². The summed E-state index contributed by atoms with van der Waals surface area (Å²) in [6, 6.07) is 22.1. The van der Waals surface area contributed by atoms with Crippen LogP contribution in [-0.2, 0) is 19.1 Å². The molecule has 0 aromatic heterocycles. The van der Waals surface area contributed by atoms with Crippen molar-refractivity contribution >= 4 is 29.2 Å². The fourth-order valence-electron chi connectivity index (χ4n) is 3.10. The molecule has 0 radical (unpaired) electrons. The van der Waals surface area contributed by atoms with E-state index in [1.54, 1.807) is 30.3 Å². The fourth-order valence-corrected chi connectivity index (χ4v) is 3.10. The van der Waals surface area contributed by atoms with Crippen LogP contribution in [-0.4, -0.2) is 24.4 Å². The molecule has 2 amide bonds. The zero-order valence-corrected chi connectivity index (χ0v) is 19.3. The van der Waals surface area contributed by atoms with Crippen molar-refractivity contribution in [3.8, 4) is 11.5 Å². The van der Waals surface area contributed by atoms with Gasteiger partial charge in [-0.25, -0.2) is 0 Å². The molecule has 0 bridgehead atoms. The maximum absolute atomic E-state index is 12.1. The quantitative estimate of drug-likeness (QED) is 0.396. The van der Waals surface area contributed by atoms with Crippen LogP contribution in [0.5, 0.6) is 11.5 Å². The van der Waals surface area contributed by atoms with E-state index in [4.69, 9.17) is 9.47 Å². The summed E-state index contributed by atoms with van der Waals surface area (Å²) in [5.41, 5.74) is 3.45. The number of rotatable bonds is 10. The molecule has 0 unspecified atom stereocenters. The highest BCUT2D eigenvalue weighted by Gasteiger charge is 2.10. The number of carbonyl (C=O) groups is 3. The molecule has 176 valence electrons. The molecular weight excluding hydrogens is 432 g/mol. The SMILES string of the molecule is Cc1ccc(Oc2ccc(NC(=O)CCCC(=O)OCC(=O)Nc3cccc(C)c3)cc2)cc1. The van der Waals surface area contributed by atoms with Gasteiger partial charge in [0.2, 0.25) is 5.91 Å². The van der Waals surface area contributed by atoms with Gasteiger partial charge in [-0.15, -0.1) is 0 Å². The number of benzene rings is 3. The van der Waals surface area contributed by atoms with E-state index in [-0.39, 0.29) is 25.4 Å². The maximum Gasteiger partial charge on any atom is 0.306 e. The molecule has 0 fully saturated rings. The predicted molar refractivity (Wildman–Crippen MR) is 131 cm³/mol. The molecule has 0 atom stereocenters. The predicted octanol–water partition coefficient (Wildman–Crippen LogP) is 5.39. The second-order valence-corrected chi connectivity index (χ2v) is 7.92. The van der Waals surface area contributed by atoms with Crippen molar-refractivity contribution in [1.29, 1.82) is 0 Å². The minimum absolute atomic E-state index is 0.0501. The summed E-state index contributed by atoms with van der Waals surface area (Å²) in [5.74, 6) is 0.256. The first-order valence-electron chi connectivity index (χ1n) is 11.0. The van der Waals surface area contributed by atoms with E-state index in [1.165, 1.54) is 0 Å². The number of anilines is 2. The second-order valence-electron chi connectivity index (χ2n) is 7.92. The lowest BCUT2D eigenvalue weighted by molar-refractivity contribution is -0.147. The molecule has 0 saturated carbocycles. The summed E-state index contributed by atoms with van der Waals surface area (Å²) in [4.78, 5) is 35.9. The lowest BCUT2D eigenvalue weighted by Crippen LogP contribution is -2.21. The van der Waals surface area contributed by atoms with E-state index in [2.05, 4.69) is 10.6 Å². The topological polar surface area (TPSA) is 93.7 Å². The highest BCUT2D eigenvalue weighted by atomic mass is 16.5. The highest BCUT2D eigenvalue weighted by molar-refractivity contribution is 5.93. The van der Waals surface area contributed by atoms with Gasteiger partial charge in [-0.2, -0.15) is 0 Å². The summed E-state index contributed by atoms with van der Waals surface area (Å²) in [7, 11) is 0. The molecule has 0 spiro atoms. The van der Waals surface area contributed by atoms with E-state index in [0.717, 1.165) is 16.9 Å². The second kappa shape index (κ2) is 12.2. The molecule has 3 rings (SSSR count). The van der Waals surface area contributed by atoms with Crippen LogP contribution in [0, 0.1) is 13.8 Å². The molecule has 34 heavy (non-hydrogen) atoms. The normalized spacial score (nSPS) is 10.3. The zero-order chi connectivity index (χ0) is 24.3. The first-order valence-corrected chi connectivity index (χ1v) is 11.0. The Morgan fingerprint density at radius 2 is 1.35 bits per heavy atom. The average Bonchev–Trinajstić information content (AvgIpc) is 2.80. The number of amides is 2. The molecule has 0 saturated heterocycles. The summed E-state index contributed by atoms with van der Waals surface area (Å²) in [6.45, 7) is 3.56. The van der Waals surface area contributed by atoms with Crippen molar-refractivity contribution in [2.75, 3.05) is 17.2 Å². The number of aryl methyl sites for hydroxylation is 2. The largest absolute Gasteiger partial charge is 0.457 e. The van der Waals surface area contributed by atoms with Crippen LogP contribution >= 0.6 is 0 Å². The molecule has 0 heterocycles. The molecule has 7 heteroatoms. The number of carbonyl (C=O) groups excluding carboxylic acids is 3. The Morgan fingerprint density at radius 3 is 2.03 bits per heavy atom. The third-order valence-electron chi connectivity index (χ3n) is 4.85. The molecule has 3 aromatic rings. The Bertz CT molecular complexity index is 1120. The maximum atomic E-state index is 12.1. The van der Waals surface area contributed by atoms with E-state index in [9.17, 15) is 14.4 Å². The minimum Gasteiger partial charge on any atom is -0.457 e. The van der Waals surface area contributed by atoms with E-state index < -0.39 is 11.9 Å². The van der Waals surface area contributed by atoms with Crippen molar-refractivity contribution in [3.63, 3.8) is 0 Å². The molecule has 0 aliphatic rings. The van der Waals surface area contributed by atoms with Gasteiger partial charge in [0.1, 0.15) is 11.5 Å². The van der Waals surface area contributed by atoms with Crippen LogP contribution in [0.3, 0.4) is 0 Å². The zero-order valence-electron chi connectivity index (χ0n) is 19.3. The van der Waals surface area contributed by atoms with Gasteiger partial charge < -0.3 is 20.1 Å². The van der Waals surface area contributed by atoms with Crippen LogP contribution in [0.4, 0.5) is 11.4 Å². The van der Waals surface area contributed by atoms with Gasteiger partial charge >= 0.3 is 5.97 Å². The summed E-state index contributed by atoms with van der Waals surface area (Å²) >= 11 is 0. The Kier molecular flexibility index (Phi) is 8.80. The number of hydrogen-bond donors (Lipinski definition) is 2. The lowest BCUT2D eigenvalue weighted by atomic mass is 10.2. The third kappa shape index (κ3) is 8.43. The Morgan fingerprint density at radius 1 is 0.706 bits per heavy atom. The monoisotopic (exact) mass is 460 g/mol. The van der Waals surface area contributed by atoms with Crippen LogP contribution in [0.25, 0.3) is 0 Å². The van der Waals surface area contributed by atoms with Crippen LogP contribution in [0.15, 0.2) is 72.8 Å². The Labute approximate surface area is 199 Å².